The Morgan fingerprint density at radius 1 is 1.09 bits per heavy atom. The third-order valence-electron chi connectivity index (χ3n) is 4.73. The van der Waals surface area contributed by atoms with Gasteiger partial charge in [0.05, 0.1) is 16.3 Å². The van der Waals surface area contributed by atoms with Gasteiger partial charge in [0, 0.05) is 18.8 Å². The second-order valence-corrected chi connectivity index (χ2v) is 7.21. The number of anilines is 1. The molecule has 12 heteroatoms. The highest BCUT2D eigenvalue weighted by atomic mass is 35.5. The first-order valence-electron chi connectivity index (χ1n) is 9.75. The Labute approximate surface area is 190 Å². The van der Waals surface area contributed by atoms with Crippen LogP contribution in [0.25, 0.3) is 5.69 Å². The summed E-state index contributed by atoms with van der Waals surface area (Å²) in [6.45, 7) is 4.55. The van der Waals surface area contributed by atoms with E-state index in [1.165, 1.54) is 18.2 Å². The number of carbonyl (C=O) groups excluding carboxylic acids is 2. The minimum atomic E-state index is -4.98. The maximum Gasteiger partial charge on any atom is 0.435 e. The van der Waals surface area contributed by atoms with Gasteiger partial charge in [-0.1, -0.05) is 16.8 Å². The second kappa shape index (κ2) is 9.57. The molecule has 0 unspecified atom stereocenters. The Balaban J connectivity index is 1.91. The van der Waals surface area contributed by atoms with Gasteiger partial charge in [-0.3, -0.25) is 9.59 Å². The number of nitrogens with zero attached hydrogens (tertiary/aromatic N) is 4. The van der Waals surface area contributed by atoms with E-state index >= 15 is 0 Å². The average molecular weight is 484 g/mol. The first-order chi connectivity index (χ1) is 15.6. The van der Waals surface area contributed by atoms with Crippen LogP contribution in [0.1, 0.15) is 40.4 Å². The van der Waals surface area contributed by atoms with E-state index in [1.54, 1.807) is 18.7 Å². The summed E-state index contributed by atoms with van der Waals surface area (Å²) in [4.78, 5) is 26.6. The molecule has 1 aromatic heterocycles. The van der Waals surface area contributed by atoms with Gasteiger partial charge < -0.3 is 10.2 Å². The fourth-order valence-electron chi connectivity index (χ4n) is 3.09. The molecule has 0 aliphatic carbocycles. The molecule has 0 saturated carbocycles. The van der Waals surface area contributed by atoms with Crippen molar-refractivity contribution < 1.29 is 27.2 Å². The molecule has 0 radical (unpaired) electrons. The summed E-state index contributed by atoms with van der Waals surface area (Å²) in [7, 11) is 0. The van der Waals surface area contributed by atoms with Gasteiger partial charge in [-0.05, 0) is 56.3 Å². The van der Waals surface area contributed by atoms with Crippen molar-refractivity contribution in [3.8, 4) is 5.69 Å². The summed E-state index contributed by atoms with van der Waals surface area (Å²) in [5, 5.41) is 9.12. The SMILES string of the molecule is CCN(CC)C(=O)c1ccc(NC(=O)c2nnn(-c3ccc(F)cc3)c2C(F)(F)F)cc1Cl. The van der Waals surface area contributed by atoms with Crippen molar-refractivity contribution in [2.24, 2.45) is 0 Å². The van der Waals surface area contributed by atoms with E-state index in [4.69, 9.17) is 11.6 Å². The van der Waals surface area contributed by atoms with Crippen LogP contribution in [-0.4, -0.2) is 44.8 Å². The van der Waals surface area contributed by atoms with Crippen molar-refractivity contribution in [3.63, 3.8) is 0 Å². The molecule has 0 atom stereocenters. The molecule has 7 nitrogen and oxygen atoms in total. The molecular weight excluding hydrogens is 466 g/mol. The second-order valence-electron chi connectivity index (χ2n) is 6.80. The molecule has 1 N–H and O–H groups in total. The Bertz CT molecular complexity index is 1170. The standard InChI is InChI=1S/C21H18ClF4N5O2/c1-3-30(4-2)20(33)15-10-7-13(11-16(15)22)27-19(32)17-18(21(24,25)26)31(29-28-17)14-8-5-12(23)6-9-14/h5-11H,3-4H2,1-2H3,(H,27,32). The Hall–Kier alpha value is -3.47. The number of halogens is 5. The molecular formula is C21H18ClF4N5O2. The number of carbonyl (C=O) groups is 2. The zero-order chi connectivity index (χ0) is 24.3. The molecule has 174 valence electrons. The summed E-state index contributed by atoms with van der Waals surface area (Å²) < 4.78 is 54.8. The highest BCUT2D eigenvalue weighted by Crippen LogP contribution is 2.33. The number of benzene rings is 2. The van der Waals surface area contributed by atoms with Gasteiger partial charge in [0.25, 0.3) is 11.8 Å². The van der Waals surface area contributed by atoms with Gasteiger partial charge in [-0.2, -0.15) is 13.2 Å². The maximum absolute atomic E-state index is 13.7. The minimum absolute atomic E-state index is 0.0238. The normalized spacial score (nSPS) is 11.4. The van der Waals surface area contributed by atoms with Gasteiger partial charge in [0.15, 0.2) is 11.4 Å². The molecule has 0 bridgehead atoms. The van der Waals surface area contributed by atoms with Crippen molar-refractivity contribution in [1.29, 1.82) is 0 Å². The largest absolute Gasteiger partial charge is 0.435 e. The van der Waals surface area contributed by atoms with Gasteiger partial charge in [0.1, 0.15) is 5.82 Å². The van der Waals surface area contributed by atoms with Gasteiger partial charge >= 0.3 is 6.18 Å². The van der Waals surface area contributed by atoms with Crippen LogP contribution in [0.2, 0.25) is 5.02 Å². The first-order valence-corrected chi connectivity index (χ1v) is 10.1. The lowest BCUT2D eigenvalue weighted by Gasteiger charge is -2.19. The predicted octanol–water partition coefficient (Wildman–Crippen LogP) is 4.81. The van der Waals surface area contributed by atoms with E-state index in [0.29, 0.717) is 17.8 Å². The van der Waals surface area contributed by atoms with Crippen LogP contribution in [0, 0.1) is 5.82 Å². The van der Waals surface area contributed by atoms with Crippen molar-refractivity contribution in [1.82, 2.24) is 19.9 Å². The minimum Gasteiger partial charge on any atom is -0.339 e. The van der Waals surface area contributed by atoms with Crippen LogP contribution in [0.15, 0.2) is 42.5 Å². The molecule has 1 heterocycles. The smallest absolute Gasteiger partial charge is 0.339 e. The number of hydrogen-bond donors (Lipinski definition) is 1. The highest BCUT2D eigenvalue weighted by molar-refractivity contribution is 6.34. The quantitative estimate of drug-likeness (QED) is 0.510. The van der Waals surface area contributed by atoms with E-state index in [9.17, 15) is 27.2 Å². The van der Waals surface area contributed by atoms with E-state index in [1.807, 2.05) is 0 Å². The van der Waals surface area contributed by atoms with Crippen LogP contribution in [-0.2, 0) is 6.18 Å². The summed E-state index contributed by atoms with van der Waals surface area (Å²) in [6, 6.07) is 8.04. The van der Waals surface area contributed by atoms with Crippen LogP contribution in [0.3, 0.4) is 0 Å². The molecule has 2 aromatic carbocycles. The van der Waals surface area contributed by atoms with Crippen LogP contribution >= 0.6 is 11.6 Å². The molecule has 3 aromatic rings. The number of rotatable bonds is 6. The van der Waals surface area contributed by atoms with Crippen molar-refractivity contribution in [3.05, 3.63) is 70.3 Å². The summed E-state index contributed by atoms with van der Waals surface area (Å²) in [5.74, 6) is -2.15. The van der Waals surface area contributed by atoms with Crippen LogP contribution in [0.4, 0.5) is 23.2 Å². The molecule has 2 amide bonds. The third-order valence-corrected chi connectivity index (χ3v) is 5.05. The van der Waals surface area contributed by atoms with Crippen molar-refractivity contribution >= 4 is 29.1 Å². The monoisotopic (exact) mass is 483 g/mol. The Morgan fingerprint density at radius 2 is 1.73 bits per heavy atom. The number of amides is 2. The summed E-state index contributed by atoms with van der Waals surface area (Å²) >= 11 is 6.17. The van der Waals surface area contributed by atoms with Gasteiger partial charge in [-0.15, -0.1) is 5.10 Å². The lowest BCUT2D eigenvalue weighted by atomic mass is 10.1. The maximum atomic E-state index is 13.7. The zero-order valence-electron chi connectivity index (χ0n) is 17.5. The number of alkyl halides is 3. The number of nitrogens with one attached hydrogen (secondary N) is 1. The topological polar surface area (TPSA) is 80.1 Å². The molecule has 0 aliphatic rings. The fourth-order valence-corrected chi connectivity index (χ4v) is 3.35. The summed E-state index contributed by atoms with van der Waals surface area (Å²) in [6.07, 6.45) is -4.98. The highest BCUT2D eigenvalue weighted by Gasteiger charge is 2.42. The first kappa shape index (κ1) is 24.2. The van der Waals surface area contributed by atoms with E-state index in [-0.39, 0.29) is 27.9 Å². The van der Waals surface area contributed by atoms with E-state index < -0.39 is 29.3 Å². The van der Waals surface area contributed by atoms with E-state index in [2.05, 4.69) is 15.6 Å². The summed E-state index contributed by atoms with van der Waals surface area (Å²) in [5.41, 5.74) is -2.28. The van der Waals surface area contributed by atoms with Gasteiger partial charge in [0.2, 0.25) is 0 Å². The Kier molecular flexibility index (Phi) is 7.01. The Morgan fingerprint density at radius 3 is 2.27 bits per heavy atom. The molecule has 0 aliphatic heterocycles. The fraction of sp³-hybridized carbons (Fsp3) is 0.238. The van der Waals surface area contributed by atoms with Crippen molar-refractivity contribution in [2.45, 2.75) is 20.0 Å². The molecule has 0 spiro atoms. The zero-order valence-corrected chi connectivity index (χ0v) is 18.2. The predicted molar refractivity (Wildman–Crippen MR) is 113 cm³/mol. The lowest BCUT2D eigenvalue weighted by Crippen LogP contribution is -2.30. The average Bonchev–Trinajstić information content (AvgIpc) is 3.21. The molecule has 0 fully saturated rings. The lowest BCUT2D eigenvalue weighted by molar-refractivity contribution is -0.143. The van der Waals surface area contributed by atoms with Gasteiger partial charge in [-0.25, -0.2) is 9.07 Å². The van der Waals surface area contributed by atoms with Crippen molar-refractivity contribution in [2.75, 3.05) is 18.4 Å². The van der Waals surface area contributed by atoms with E-state index in [0.717, 1.165) is 24.3 Å². The molecule has 0 saturated heterocycles. The molecule has 3 rings (SSSR count). The van der Waals surface area contributed by atoms with Crippen LogP contribution in [0.5, 0.6) is 0 Å². The number of aromatic nitrogens is 3. The molecule has 33 heavy (non-hydrogen) atoms. The van der Waals surface area contributed by atoms with Crippen LogP contribution < -0.4 is 5.32 Å². The number of hydrogen-bond acceptors (Lipinski definition) is 4. The third kappa shape index (κ3) is 5.14.